The minimum absolute atomic E-state index is 0.0691. The molecule has 0 unspecified atom stereocenters. The van der Waals surface area contributed by atoms with Crippen molar-refractivity contribution >= 4 is 21.7 Å². The average Bonchev–Trinajstić information content (AvgIpc) is 3.14. The molecule has 0 radical (unpaired) electrons. The number of hydrogen-bond acceptors (Lipinski definition) is 6. The lowest BCUT2D eigenvalue weighted by atomic mass is 10.0. The fraction of sp³-hybridized carbons (Fsp3) is 0.588. The van der Waals surface area contributed by atoms with Crippen LogP contribution >= 0.6 is 0 Å². The van der Waals surface area contributed by atoms with E-state index in [0.717, 1.165) is 5.56 Å². The Balaban J connectivity index is 1.61. The summed E-state index contributed by atoms with van der Waals surface area (Å²) >= 11 is 0. The predicted molar refractivity (Wildman–Crippen MR) is 94.0 cm³/mol. The van der Waals surface area contributed by atoms with E-state index in [2.05, 4.69) is 10.3 Å². The SMILES string of the molecule is COCC(=O)N[C@@H]1CS(=O)(=O)[C@H]2CN(C(=O)CCc3cccnc3)C[C@@H]12. The predicted octanol–water partition coefficient (Wildman–Crippen LogP) is -0.599. The first-order valence-electron chi connectivity index (χ1n) is 8.57. The zero-order chi connectivity index (χ0) is 18.7. The lowest BCUT2D eigenvalue weighted by Crippen LogP contribution is -2.43. The van der Waals surface area contributed by atoms with Gasteiger partial charge in [0.15, 0.2) is 9.84 Å². The quantitative estimate of drug-likeness (QED) is 0.705. The Hall–Kier alpha value is -2.00. The Morgan fingerprint density at radius 3 is 2.88 bits per heavy atom. The van der Waals surface area contributed by atoms with Crippen molar-refractivity contribution in [2.75, 3.05) is 32.6 Å². The van der Waals surface area contributed by atoms with Gasteiger partial charge in [-0.05, 0) is 18.1 Å². The molecule has 2 amide bonds. The van der Waals surface area contributed by atoms with Crippen molar-refractivity contribution < 1.29 is 22.7 Å². The van der Waals surface area contributed by atoms with Crippen LogP contribution in [0.1, 0.15) is 12.0 Å². The lowest BCUT2D eigenvalue weighted by Gasteiger charge is -2.21. The molecule has 9 heteroatoms. The molecule has 8 nitrogen and oxygen atoms in total. The molecule has 0 bridgehead atoms. The standard InChI is InChI=1S/C17H23N3O5S/c1-25-10-16(21)19-14-11-26(23,24)15-9-20(8-13(14)15)17(22)5-4-12-3-2-6-18-7-12/h2-3,6-7,13-15H,4-5,8-11H2,1H3,(H,19,21)/t13-,14+,15-/m0/s1. The Labute approximate surface area is 152 Å². The van der Waals surface area contributed by atoms with Crippen LogP contribution in [-0.4, -0.2) is 74.0 Å². The van der Waals surface area contributed by atoms with Crippen LogP contribution in [0, 0.1) is 5.92 Å². The molecular formula is C17H23N3O5S. The van der Waals surface area contributed by atoms with Crippen LogP contribution in [0.25, 0.3) is 0 Å². The molecule has 3 heterocycles. The third kappa shape index (κ3) is 4.04. The molecule has 0 saturated carbocycles. The van der Waals surface area contributed by atoms with E-state index in [0.29, 0.717) is 19.4 Å². The van der Waals surface area contributed by atoms with E-state index >= 15 is 0 Å². The number of aromatic nitrogens is 1. The van der Waals surface area contributed by atoms with Crippen molar-refractivity contribution in [3.05, 3.63) is 30.1 Å². The molecule has 142 valence electrons. The number of pyridine rings is 1. The summed E-state index contributed by atoms with van der Waals surface area (Å²) in [4.78, 5) is 29.9. The van der Waals surface area contributed by atoms with Crippen molar-refractivity contribution in [3.8, 4) is 0 Å². The number of carbonyl (C=O) groups excluding carboxylic acids is 2. The number of rotatable bonds is 6. The van der Waals surface area contributed by atoms with Crippen molar-refractivity contribution in [2.24, 2.45) is 5.92 Å². The van der Waals surface area contributed by atoms with Crippen LogP contribution < -0.4 is 5.32 Å². The Morgan fingerprint density at radius 1 is 1.38 bits per heavy atom. The van der Waals surface area contributed by atoms with Crippen molar-refractivity contribution in [1.29, 1.82) is 0 Å². The monoisotopic (exact) mass is 381 g/mol. The van der Waals surface area contributed by atoms with Gasteiger partial charge >= 0.3 is 0 Å². The van der Waals surface area contributed by atoms with E-state index in [-0.39, 0.29) is 36.6 Å². The molecule has 0 aliphatic carbocycles. The number of hydrogen-bond donors (Lipinski definition) is 1. The molecule has 1 aromatic rings. The van der Waals surface area contributed by atoms with Gasteiger partial charge in [-0.3, -0.25) is 14.6 Å². The van der Waals surface area contributed by atoms with E-state index in [1.807, 2.05) is 12.1 Å². The van der Waals surface area contributed by atoms with Crippen LogP contribution in [0.4, 0.5) is 0 Å². The number of ether oxygens (including phenoxy) is 1. The molecule has 1 aromatic heterocycles. The maximum Gasteiger partial charge on any atom is 0.246 e. The van der Waals surface area contributed by atoms with Gasteiger partial charge in [-0.15, -0.1) is 0 Å². The van der Waals surface area contributed by atoms with Crippen LogP contribution in [0.5, 0.6) is 0 Å². The molecule has 26 heavy (non-hydrogen) atoms. The second-order valence-electron chi connectivity index (χ2n) is 6.80. The summed E-state index contributed by atoms with van der Waals surface area (Å²) in [6, 6.07) is 3.26. The molecule has 2 aliphatic rings. The van der Waals surface area contributed by atoms with Gasteiger partial charge < -0.3 is 15.0 Å². The van der Waals surface area contributed by atoms with Gasteiger partial charge in [0.1, 0.15) is 6.61 Å². The first kappa shape index (κ1) is 18.8. The maximum absolute atomic E-state index is 12.5. The summed E-state index contributed by atoms with van der Waals surface area (Å²) in [5, 5.41) is 2.14. The topological polar surface area (TPSA) is 106 Å². The maximum atomic E-state index is 12.5. The number of nitrogens with one attached hydrogen (secondary N) is 1. The summed E-state index contributed by atoms with van der Waals surface area (Å²) in [6.45, 7) is 0.449. The number of likely N-dealkylation sites (tertiary alicyclic amines) is 1. The highest BCUT2D eigenvalue weighted by Gasteiger charge is 2.53. The number of fused-ring (bicyclic) bond motifs is 1. The van der Waals surface area contributed by atoms with Crippen LogP contribution in [-0.2, 0) is 30.6 Å². The van der Waals surface area contributed by atoms with Gasteiger partial charge in [0.05, 0.1) is 11.0 Å². The zero-order valence-corrected chi connectivity index (χ0v) is 15.4. The normalized spacial score (nSPS) is 26.5. The molecule has 2 saturated heterocycles. The first-order valence-corrected chi connectivity index (χ1v) is 10.3. The van der Waals surface area contributed by atoms with E-state index in [9.17, 15) is 18.0 Å². The largest absolute Gasteiger partial charge is 0.375 e. The second kappa shape index (κ2) is 7.71. The molecule has 3 atom stereocenters. The number of methoxy groups -OCH3 is 1. The number of aryl methyl sites for hydroxylation is 1. The zero-order valence-electron chi connectivity index (χ0n) is 14.6. The fourth-order valence-electron chi connectivity index (χ4n) is 3.75. The van der Waals surface area contributed by atoms with Gasteiger partial charge in [0.25, 0.3) is 0 Å². The number of carbonyl (C=O) groups is 2. The smallest absolute Gasteiger partial charge is 0.246 e. The van der Waals surface area contributed by atoms with Crippen LogP contribution in [0.3, 0.4) is 0 Å². The summed E-state index contributed by atoms with van der Waals surface area (Å²) in [7, 11) is -1.92. The highest BCUT2D eigenvalue weighted by atomic mass is 32.2. The van der Waals surface area contributed by atoms with Gasteiger partial charge in [-0.1, -0.05) is 6.07 Å². The Morgan fingerprint density at radius 2 is 2.19 bits per heavy atom. The van der Waals surface area contributed by atoms with Crippen LogP contribution in [0.2, 0.25) is 0 Å². The van der Waals surface area contributed by atoms with Gasteiger partial charge in [0.2, 0.25) is 11.8 Å². The summed E-state index contributed by atoms with van der Waals surface area (Å²) < 4.78 is 29.6. The third-order valence-corrected chi connectivity index (χ3v) is 7.27. The van der Waals surface area contributed by atoms with E-state index in [1.165, 1.54) is 7.11 Å². The number of amides is 2. The summed E-state index contributed by atoms with van der Waals surface area (Å²) in [5.41, 5.74) is 0.970. The van der Waals surface area contributed by atoms with E-state index in [1.54, 1.807) is 17.3 Å². The van der Waals surface area contributed by atoms with E-state index in [4.69, 9.17) is 4.74 Å². The third-order valence-electron chi connectivity index (χ3n) is 5.02. The van der Waals surface area contributed by atoms with Crippen molar-refractivity contribution in [2.45, 2.75) is 24.1 Å². The Kier molecular flexibility index (Phi) is 5.57. The fourth-order valence-corrected chi connectivity index (χ4v) is 6.04. The van der Waals surface area contributed by atoms with E-state index < -0.39 is 21.1 Å². The molecule has 0 aromatic carbocycles. The molecule has 1 N–H and O–H groups in total. The summed E-state index contributed by atoms with van der Waals surface area (Å²) in [5.74, 6) is -0.742. The van der Waals surface area contributed by atoms with Gasteiger partial charge in [-0.25, -0.2) is 8.42 Å². The van der Waals surface area contributed by atoms with Gasteiger partial charge in [-0.2, -0.15) is 0 Å². The molecule has 2 aliphatic heterocycles. The lowest BCUT2D eigenvalue weighted by molar-refractivity contribution is -0.130. The number of sulfone groups is 1. The molecule has 2 fully saturated rings. The van der Waals surface area contributed by atoms with Crippen LogP contribution in [0.15, 0.2) is 24.5 Å². The second-order valence-corrected chi connectivity index (χ2v) is 9.06. The average molecular weight is 381 g/mol. The van der Waals surface area contributed by atoms with Crippen molar-refractivity contribution in [3.63, 3.8) is 0 Å². The Bertz CT molecular complexity index is 768. The molecule has 0 spiro atoms. The first-order chi connectivity index (χ1) is 12.4. The number of nitrogens with zero attached hydrogens (tertiary/aromatic N) is 2. The molecule has 3 rings (SSSR count). The summed E-state index contributed by atoms with van der Waals surface area (Å²) in [6.07, 6.45) is 4.28. The minimum Gasteiger partial charge on any atom is -0.375 e. The highest BCUT2D eigenvalue weighted by Crippen LogP contribution is 2.34. The minimum atomic E-state index is -3.33. The highest BCUT2D eigenvalue weighted by molar-refractivity contribution is 7.92. The van der Waals surface area contributed by atoms with Crippen molar-refractivity contribution in [1.82, 2.24) is 15.2 Å². The van der Waals surface area contributed by atoms with Gasteiger partial charge in [0, 0.05) is 51.0 Å². The molecular weight excluding hydrogens is 358 g/mol.